The molecule has 0 atom stereocenters. The van der Waals surface area contributed by atoms with Crippen molar-refractivity contribution in [2.45, 2.75) is 6.04 Å². The van der Waals surface area contributed by atoms with E-state index >= 15 is 0 Å². The summed E-state index contributed by atoms with van der Waals surface area (Å²) >= 11 is 18.7. The number of piperazine rings is 1. The number of amides is 1. The Bertz CT molecular complexity index is 1450. The van der Waals surface area contributed by atoms with E-state index in [1.807, 2.05) is 59.6 Å². The predicted octanol–water partition coefficient (Wildman–Crippen LogP) is 5.54. The van der Waals surface area contributed by atoms with Gasteiger partial charge in [-0.1, -0.05) is 53.0 Å². The zero-order valence-electron chi connectivity index (χ0n) is 20.5. The fourth-order valence-corrected chi connectivity index (χ4v) is 5.63. The number of nitrogens with zero attached hydrogens (tertiary/aromatic N) is 6. The summed E-state index contributed by atoms with van der Waals surface area (Å²) in [5.74, 6) is 0.929. The molecule has 6 rings (SSSR count). The number of carbonyl (C=O) groups excluding carboxylic acids is 1. The lowest BCUT2D eigenvalue weighted by Gasteiger charge is -2.48. The molecule has 0 aliphatic carbocycles. The van der Waals surface area contributed by atoms with E-state index in [4.69, 9.17) is 39.9 Å². The molecule has 0 bridgehead atoms. The van der Waals surface area contributed by atoms with Crippen molar-refractivity contribution in [3.05, 3.63) is 93.7 Å². The maximum Gasteiger partial charge on any atom is 0.274 e. The number of likely N-dealkylation sites (tertiary alicyclic amines) is 1. The second-order valence-corrected chi connectivity index (χ2v) is 10.8. The molecule has 194 valence electrons. The van der Waals surface area contributed by atoms with E-state index in [0.717, 1.165) is 43.3 Å². The zero-order chi connectivity index (χ0) is 26.2. The van der Waals surface area contributed by atoms with Crippen LogP contribution >= 0.6 is 34.8 Å². The summed E-state index contributed by atoms with van der Waals surface area (Å²) in [6.45, 7) is 5.14. The molecule has 1 amide bonds. The van der Waals surface area contributed by atoms with E-state index in [0.29, 0.717) is 45.6 Å². The van der Waals surface area contributed by atoms with Crippen molar-refractivity contribution in [3.8, 4) is 16.9 Å². The van der Waals surface area contributed by atoms with Gasteiger partial charge in [0.15, 0.2) is 5.69 Å². The molecular weight excluding hydrogens is 543 g/mol. The lowest BCUT2D eigenvalue weighted by atomic mass is 10.0. The second kappa shape index (κ2) is 10.6. The normalized spacial score (nSPS) is 16.5. The number of aromatic nitrogens is 3. The van der Waals surface area contributed by atoms with Gasteiger partial charge in [0.05, 0.1) is 16.4 Å². The van der Waals surface area contributed by atoms with Crippen LogP contribution in [-0.2, 0) is 0 Å². The van der Waals surface area contributed by atoms with Crippen LogP contribution in [0.15, 0.2) is 72.9 Å². The Kier molecular flexibility index (Phi) is 7.01. The van der Waals surface area contributed by atoms with Crippen LogP contribution in [0.3, 0.4) is 0 Å². The van der Waals surface area contributed by atoms with E-state index in [9.17, 15) is 4.79 Å². The predicted molar refractivity (Wildman–Crippen MR) is 152 cm³/mol. The Hall–Kier alpha value is -3.10. The largest absolute Gasteiger partial charge is 0.354 e. The summed E-state index contributed by atoms with van der Waals surface area (Å²) in [5.41, 5.74) is 2.64. The van der Waals surface area contributed by atoms with Crippen molar-refractivity contribution >= 4 is 46.5 Å². The molecule has 7 nitrogen and oxygen atoms in total. The molecular formula is C28H25Cl3N6O. The van der Waals surface area contributed by atoms with Crippen LogP contribution in [0.4, 0.5) is 5.82 Å². The lowest BCUT2D eigenvalue weighted by molar-refractivity contribution is 0.0241. The highest BCUT2D eigenvalue weighted by molar-refractivity contribution is 6.35. The van der Waals surface area contributed by atoms with E-state index in [-0.39, 0.29) is 5.91 Å². The highest BCUT2D eigenvalue weighted by atomic mass is 35.5. The fraction of sp³-hybridized carbons (Fsp3) is 0.250. The summed E-state index contributed by atoms with van der Waals surface area (Å²) in [7, 11) is 0. The van der Waals surface area contributed by atoms with Gasteiger partial charge < -0.3 is 9.80 Å². The summed E-state index contributed by atoms with van der Waals surface area (Å²) in [6, 6.07) is 20.8. The molecule has 2 aliphatic heterocycles. The number of hydrogen-bond donors (Lipinski definition) is 0. The molecule has 0 spiro atoms. The first-order chi connectivity index (χ1) is 18.5. The number of hydrogen-bond acceptors (Lipinski definition) is 5. The number of benzene rings is 2. The van der Waals surface area contributed by atoms with Gasteiger partial charge in [-0.3, -0.25) is 9.69 Å². The van der Waals surface area contributed by atoms with E-state index in [2.05, 4.69) is 14.8 Å². The zero-order valence-corrected chi connectivity index (χ0v) is 22.7. The van der Waals surface area contributed by atoms with Crippen LogP contribution in [0, 0.1) is 0 Å². The highest BCUT2D eigenvalue weighted by Crippen LogP contribution is 2.31. The van der Waals surface area contributed by atoms with Gasteiger partial charge in [-0.15, -0.1) is 0 Å². The molecule has 0 N–H and O–H groups in total. The molecule has 10 heteroatoms. The summed E-state index contributed by atoms with van der Waals surface area (Å²) in [5, 5.41) is 6.30. The van der Waals surface area contributed by atoms with Crippen LogP contribution < -0.4 is 4.90 Å². The first-order valence-electron chi connectivity index (χ1n) is 12.5. The third-order valence-electron chi connectivity index (χ3n) is 7.16. The van der Waals surface area contributed by atoms with Gasteiger partial charge in [-0.25, -0.2) is 9.67 Å². The van der Waals surface area contributed by atoms with Gasteiger partial charge in [0, 0.05) is 67.1 Å². The Labute approximate surface area is 236 Å². The van der Waals surface area contributed by atoms with Gasteiger partial charge in [-0.05, 0) is 48.5 Å². The molecule has 0 unspecified atom stereocenters. The monoisotopic (exact) mass is 566 g/mol. The molecule has 2 aliphatic rings. The molecule has 2 fully saturated rings. The number of carbonyl (C=O) groups is 1. The van der Waals surface area contributed by atoms with Crippen molar-refractivity contribution in [1.29, 1.82) is 0 Å². The van der Waals surface area contributed by atoms with Gasteiger partial charge >= 0.3 is 0 Å². The Balaban J connectivity index is 1.17. The average Bonchev–Trinajstić information content (AvgIpc) is 3.34. The standard InChI is InChI=1S/C28H25Cl3N6O/c29-20-6-4-19(5-7-20)26-16-24(33-37(26)25-9-8-21(30)15-23(25)31)28(38)36-17-22(18-36)34-11-13-35(14-12-34)27-3-1-2-10-32-27/h1-10,15-16,22H,11-14,17-18H2. The van der Waals surface area contributed by atoms with Crippen LogP contribution in [0.25, 0.3) is 16.9 Å². The van der Waals surface area contributed by atoms with Crippen LogP contribution in [0.2, 0.25) is 15.1 Å². The van der Waals surface area contributed by atoms with Gasteiger partial charge in [-0.2, -0.15) is 5.10 Å². The topological polar surface area (TPSA) is 57.5 Å². The number of halogens is 3. The molecule has 38 heavy (non-hydrogen) atoms. The first kappa shape index (κ1) is 25.2. The van der Waals surface area contributed by atoms with Gasteiger partial charge in [0.1, 0.15) is 5.82 Å². The van der Waals surface area contributed by atoms with Crippen molar-refractivity contribution < 1.29 is 4.79 Å². The van der Waals surface area contributed by atoms with E-state index in [1.54, 1.807) is 22.9 Å². The minimum Gasteiger partial charge on any atom is -0.354 e. The Morgan fingerprint density at radius 3 is 2.26 bits per heavy atom. The van der Waals surface area contributed by atoms with Crippen LogP contribution in [-0.4, -0.2) is 75.8 Å². The second-order valence-electron chi connectivity index (χ2n) is 9.50. The smallest absolute Gasteiger partial charge is 0.274 e. The van der Waals surface area contributed by atoms with Crippen molar-refractivity contribution in [3.63, 3.8) is 0 Å². The fourth-order valence-electron chi connectivity index (χ4n) is 5.02. The third-order valence-corrected chi connectivity index (χ3v) is 7.95. The molecule has 2 aromatic heterocycles. The summed E-state index contributed by atoms with van der Waals surface area (Å²) in [6.07, 6.45) is 1.83. The van der Waals surface area contributed by atoms with E-state index in [1.165, 1.54) is 0 Å². The van der Waals surface area contributed by atoms with Crippen molar-refractivity contribution in [2.24, 2.45) is 0 Å². The van der Waals surface area contributed by atoms with Gasteiger partial charge in [0.2, 0.25) is 0 Å². The molecule has 4 aromatic rings. The number of rotatable bonds is 5. The molecule has 4 heterocycles. The number of anilines is 1. The van der Waals surface area contributed by atoms with Gasteiger partial charge in [0.25, 0.3) is 5.91 Å². The number of pyridine rings is 1. The molecule has 0 radical (unpaired) electrons. The minimum atomic E-state index is -0.0904. The maximum atomic E-state index is 13.5. The minimum absolute atomic E-state index is 0.0904. The van der Waals surface area contributed by atoms with E-state index < -0.39 is 0 Å². The first-order valence-corrected chi connectivity index (χ1v) is 13.6. The Morgan fingerprint density at radius 2 is 1.58 bits per heavy atom. The quantitative estimate of drug-likeness (QED) is 0.317. The molecule has 0 saturated carbocycles. The van der Waals surface area contributed by atoms with Crippen molar-refractivity contribution in [1.82, 2.24) is 24.6 Å². The molecule has 2 aromatic carbocycles. The summed E-state index contributed by atoms with van der Waals surface area (Å²) < 4.78 is 1.70. The van der Waals surface area contributed by atoms with Crippen LogP contribution in [0.1, 0.15) is 10.5 Å². The highest BCUT2D eigenvalue weighted by Gasteiger charge is 2.37. The lowest BCUT2D eigenvalue weighted by Crippen LogP contribution is -2.64. The van der Waals surface area contributed by atoms with Crippen LogP contribution in [0.5, 0.6) is 0 Å². The molecule has 2 saturated heterocycles. The SMILES string of the molecule is O=C(c1cc(-c2ccc(Cl)cc2)n(-c2ccc(Cl)cc2Cl)n1)N1CC(N2CCN(c3ccccn3)CC2)C1. The third kappa shape index (κ3) is 4.99. The summed E-state index contributed by atoms with van der Waals surface area (Å²) in [4.78, 5) is 24.6. The van der Waals surface area contributed by atoms with Crippen molar-refractivity contribution in [2.75, 3.05) is 44.2 Å². The Morgan fingerprint density at radius 1 is 0.842 bits per heavy atom. The maximum absolute atomic E-state index is 13.5. The average molecular weight is 568 g/mol.